The Morgan fingerprint density at radius 2 is 1.91 bits per heavy atom. The van der Waals surface area contributed by atoms with Crippen LogP contribution in [0.2, 0.25) is 5.02 Å². The number of nitro benzene ring substituents is 1. The standard InChI is InChI=1S/C24H18ClN3O5/c1-32-23-12-17(7-10-22(23)33-15-16-5-3-2-4-6-16)11-18(14-26)24(29)27-21-9-8-19(28(30)31)13-20(21)25/h2-13H,15H2,1H3,(H,27,29)/b18-11+. The first kappa shape index (κ1) is 23.3. The second-order valence-corrected chi connectivity index (χ2v) is 7.14. The topological polar surface area (TPSA) is 114 Å². The van der Waals surface area contributed by atoms with Gasteiger partial charge in [0.2, 0.25) is 0 Å². The lowest BCUT2D eigenvalue weighted by Crippen LogP contribution is -2.13. The monoisotopic (exact) mass is 463 g/mol. The van der Waals surface area contributed by atoms with E-state index in [1.807, 2.05) is 36.4 Å². The molecule has 0 atom stereocenters. The molecule has 0 spiro atoms. The molecule has 0 aliphatic rings. The van der Waals surface area contributed by atoms with Gasteiger partial charge in [0.15, 0.2) is 11.5 Å². The van der Waals surface area contributed by atoms with E-state index in [2.05, 4.69) is 5.32 Å². The zero-order valence-corrected chi connectivity index (χ0v) is 18.2. The number of halogens is 1. The molecule has 0 radical (unpaired) electrons. The van der Waals surface area contributed by atoms with Crippen LogP contribution in [-0.2, 0) is 11.4 Å². The van der Waals surface area contributed by atoms with E-state index in [-0.39, 0.29) is 22.0 Å². The van der Waals surface area contributed by atoms with Crippen LogP contribution in [0.1, 0.15) is 11.1 Å². The lowest BCUT2D eigenvalue weighted by molar-refractivity contribution is -0.384. The van der Waals surface area contributed by atoms with Gasteiger partial charge in [-0.05, 0) is 35.4 Å². The van der Waals surface area contributed by atoms with Gasteiger partial charge in [0, 0.05) is 12.1 Å². The van der Waals surface area contributed by atoms with Crippen LogP contribution in [0, 0.1) is 21.4 Å². The smallest absolute Gasteiger partial charge is 0.271 e. The molecule has 1 N–H and O–H groups in total. The quantitative estimate of drug-likeness (QED) is 0.207. The van der Waals surface area contributed by atoms with E-state index in [9.17, 15) is 20.2 Å². The molecule has 8 nitrogen and oxygen atoms in total. The van der Waals surface area contributed by atoms with Crippen LogP contribution in [0.5, 0.6) is 11.5 Å². The molecule has 0 heterocycles. The largest absolute Gasteiger partial charge is 0.493 e. The highest BCUT2D eigenvalue weighted by atomic mass is 35.5. The Morgan fingerprint density at radius 3 is 2.55 bits per heavy atom. The third-order valence-electron chi connectivity index (χ3n) is 4.51. The van der Waals surface area contributed by atoms with Gasteiger partial charge in [-0.2, -0.15) is 5.26 Å². The second kappa shape index (κ2) is 10.8. The summed E-state index contributed by atoms with van der Waals surface area (Å²) in [4.78, 5) is 22.8. The van der Waals surface area contributed by atoms with Crippen LogP contribution >= 0.6 is 11.6 Å². The van der Waals surface area contributed by atoms with Crippen LogP contribution in [0.3, 0.4) is 0 Å². The molecule has 1 amide bonds. The Balaban J connectivity index is 1.76. The molecule has 0 fully saturated rings. The molecule has 0 saturated carbocycles. The minimum atomic E-state index is -0.711. The summed E-state index contributed by atoms with van der Waals surface area (Å²) in [5.74, 6) is 0.242. The molecule has 0 aromatic heterocycles. The number of ether oxygens (including phenoxy) is 2. The maximum atomic E-state index is 12.5. The number of hydrogen-bond acceptors (Lipinski definition) is 6. The van der Waals surface area contributed by atoms with Gasteiger partial charge in [0.1, 0.15) is 18.2 Å². The SMILES string of the molecule is COc1cc(/C=C(\C#N)C(=O)Nc2ccc([N+](=O)[O-])cc2Cl)ccc1OCc1ccccc1. The van der Waals surface area contributed by atoms with Gasteiger partial charge in [-0.1, -0.05) is 48.0 Å². The van der Waals surface area contributed by atoms with Crippen molar-refractivity contribution in [1.82, 2.24) is 0 Å². The normalized spacial score (nSPS) is 10.8. The summed E-state index contributed by atoms with van der Waals surface area (Å²) in [5, 5.41) is 22.7. The summed E-state index contributed by atoms with van der Waals surface area (Å²) in [6.07, 6.45) is 1.39. The molecule has 0 saturated heterocycles. The Hall–Kier alpha value is -4.35. The van der Waals surface area contributed by atoms with Crippen molar-refractivity contribution in [2.75, 3.05) is 12.4 Å². The van der Waals surface area contributed by atoms with Gasteiger partial charge in [-0.15, -0.1) is 0 Å². The van der Waals surface area contributed by atoms with E-state index in [1.165, 1.54) is 25.3 Å². The highest BCUT2D eigenvalue weighted by molar-refractivity contribution is 6.34. The number of hydrogen-bond donors (Lipinski definition) is 1. The number of nitrogens with one attached hydrogen (secondary N) is 1. The fraction of sp³-hybridized carbons (Fsp3) is 0.0833. The number of nitro groups is 1. The average Bonchev–Trinajstić information content (AvgIpc) is 2.83. The molecule has 3 rings (SSSR count). The van der Waals surface area contributed by atoms with E-state index in [0.29, 0.717) is 23.7 Å². The van der Waals surface area contributed by atoms with Gasteiger partial charge < -0.3 is 14.8 Å². The number of benzene rings is 3. The Morgan fingerprint density at radius 1 is 1.15 bits per heavy atom. The molecular formula is C24H18ClN3O5. The number of carbonyl (C=O) groups excluding carboxylic acids is 1. The summed E-state index contributed by atoms with van der Waals surface area (Å²) >= 11 is 6.00. The van der Waals surface area contributed by atoms with Crippen molar-refractivity contribution in [3.05, 3.63) is 98.6 Å². The van der Waals surface area contributed by atoms with Crippen LogP contribution in [0.25, 0.3) is 6.08 Å². The first-order valence-corrected chi connectivity index (χ1v) is 10.0. The second-order valence-electron chi connectivity index (χ2n) is 6.73. The van der Waals surface area contributed by atoms with E-state index in [0.717, 1.165) is 11.6 Å². The number of amides is 1. The van der Waals surface area contributed by atoms with Gasteiger partial charge in [0.05, 0.1) is 22.7 Å². The molecule has 33 heavy (non-hydrogen) atoms. The van der Waals surface area contributed by atoms with E-state index < -0.39 is 10.8 Å². The third kappa shape index (κ3) is 6.09. The maximum Gasteiger partial charge on any atom is 0.271 e. The van der Waals surface area contributed by atoms with Crippen molar-refractivity contribution in [2.45, 2.75) is 6.61 Å². The summed E-state index contributed by atoms with van der Waals surface area (Å²) in [6, 6.07) is 20.1. The number of methoxy groups -OCH3 is 1. The molecule has 0 aliphatic carbocycles. The van der Waals surface area contributed by atoms with Crippen molar-refractivity contribution < 1.29 is 19.2 Å². The maximum absolute atomic E-state index is 12.5. The van der Waals surface area contributed by atoms with Crippen LogP contribution in [0.4, 0.5) is 11.4 Å². The van der Waals surface area contributed by atoms with Crippen molar-refractivity contribution >= 4 is 35.0 Å². The molecule has 3 aromatic carbocycles. The number of anilines is 1. The van der Waals surface area contributed by atoms with Crippen LogP contribution in [0.15, 0.2) is 72.3 Å². The molecule has 0 unspecified atom stereocenters. The fourth-order valence-electron chi connectivity index (χ4n) is 2.85. The zero-order chi connectivity index (χ0) is 23.8. The van der Waals surface area contributed by atoms with Crippen LogP contribution in [-0.4, -0.2) is 17.9 Å². The highest BCUT2D eigenvalue weighted by Gasteiger charge is 2.15. The van der Waals surface area contributed by atoms with E-state index >= 15 is 0 Å². The summed E-state index contributed by atoms with van der Waals surface area (Å²) < 4.78 is 11.2. The van der Waals surface area contributed by atoms with E-state index in [1.54, 1.807) is 18.2 Å². The number of non-ortho nitro benzene ring substituents is 1. The van der Waals surface area contributed by atoms with E-state index in [4.69, 9.17) is 21.1 Å². The fourth-order valence-corrected chi connectivity index (χ4v) is 3.07. The van der Waals surface area contributed by atoms with Gasteiger partial charge >= 0.3 is 0 Å². The minimum Gasteiger partial charge on any atom is -0.493 e. The van der Waals surface area contributed by atoms with Gasteiger partial charge in [-0.3, -0.25) is 14.9 Å². The third-order valence-corrected chi connectivity index (χ3v) is 4.83. The Bertz CT molecular complexity index is 1250. The van der Waals surface area contributed by atoms with Crippen LogP contribution < -0.4 is 14.8 Å². The summed E-state index contributed by atoms with van der Waals surface area (Å²) in [6.45, 7) is 0.355. The predicted molar refractivity (Wildman–Crippen MR) is 124 cm³/mol. The molecule has 0 bridgehead atoms. The molecule has 3 aromatic rings. The average molecular weight is 464 g/mol. The lowest BCUT2D eigenvalue weighted by Gasteiger charge is -2.12. The lowest BCUT2D eigenvalue weighted by atomic mass is 10.1. The van der Waals surface area contributed by atoms with Gasteiger partial charge in [0.25, 0.3) is 11.6 Å². The minimum absolute atomic E-state index is 0.0172. The molecule has 9 heteroatoms. The highest BCUT2D eigenvalue weighted by Crippen LogP contribution is 2.30. The number of nitriles is 1. The Kier molecular flexibility index (Phi) is 7.63. The van der Waals surface area contributed by atoms with Crippen molar-refractivity contribution in [3.8, 4) is 17.6 Å². The van der Waals surface area contributed by atoms with Crippen molar-refractivity contribution in [2.24, 2.45) is 0 Å². The Labute approximate surface area is 194 Å². The van der Waals surface area contributed by atoms with Crippen molar-refractivity contribution in [3.63, 3.8) is 0 Å². The number of nitrogens with zero attached hydrogens (tertiary/aromatic N) is 2. The molecule has 0 aliphatic heterocycles. The molecule has 166 valence electrons. The van der Waals surface area contributed by atoms with Gasteiger partial charge in [-0.25, -0.2) is 0 Å². The summed E-state index contributed by atoms with van der Waals surface area (Å²) in [5.41, 5.74) is 1.29. The summed E-state index contributed by atoms with van der Waals surface area (Å²) in [7, 11) is 1.49. The first-order valence-electron chi connectivity index (χ1n) is 9.63. The molecular weight excluding hydrogens is 446 g/mol. The predicted octanol–water partition coefficient (Wildman–Crippen LogP) is 5.38. The number of rotatable bonds is 8. The zero-order valence-electron chi connectivity index (χ0n) is 17.4. The van der Waals surface area contributed by atoms with Crippen molar-refractivity contribution in [1.29, 1.82) is 5.26 Å². The number of carbonyl (C=O) groups is 1. The first-order chi connectivity index (χ1) is 15.9.